The summed E-state index contributed by atoms with van der Waals surface area (Å²) in [6.45, 7) is 0.479. The molecule has 1 aromatic carbocycles. The molecule has 3 rings (SSSR count). The summed E-state index contributed by atoms with van der Waals surface area (Å²) < 4.78 is 5.42. The predicted molar refractivity (Wildman–Crippen MR) is 50.0 cm³/mol. The number of fused-ring (bicyclic) bond motifs is 1. The molecule has 2 aliphatic rings. The van der Waals surface area contributed by atoms with Crippen molar-refractivity contribution < 1.29 is 9.53 Å². The Kier molecular flexibility index (Phi) is 1.42. The first-order valence-corrected chi connectivity index (χ1v) is 4.65. The summed E-state index contributed by atoms with van der Waals surface area (Å²) in [5, 5.41) is 1.84. The van der Waals surface area contributed by atoms with E-state index < -0.39 is 5.72 Å². The Morgan fingerprint density at radius 1 is 1.36 bits per heavy atom. The molecule has 1 unspecified atom stereocenters. The number of carbonyl (C=O) groups is 1. The molecule has 1 aromatic rings. The van der Waals surface area contributed by atoms with Crippen LogP contribution >= 0.6 is 0 Å². The number of hydrogen-bond donors (Lipinski definition) is 0. The highest BCUT2D eigenvalue weighted by molar-refractivity contribution is 5.95. The first-order valence-electron chi connectivity index (χ1n) is 4.65. The van der Waals surface area contributed by atoms with E-state index in [9.17, 15) is 4.79 Å². The molecule has 1 fully saturated rings. The fraction of sp³-hybridized carbons (Fsp3) is 0.273. The zero-order valence-corrected chi connectivity index (χ0v) is 7.56. The monoisotopic (exact) mass is 187 g/mol. The molecule has 0 saturated carbocycles. The van der Waals surface area contributed by atoms with Gasteiger partial charge >= 0.3 is 0 Å². The standard InChI is InChI=1S/C11H9NO2/c13-10-5-6-14-11(10)7-8-3-1-2-4-9(8)12-11/h1-4,7H,5-6H2. The first-order chi connectivity index (χ1) is 6.80. The van der Waals surface area contributed by atoms with Gasteiger partial charge in [-0.2, -0.15) is 0 Å². The van der Waals surface area contributed by atoms with Crippen LogP contribution in [0.4, 0.5) is 0 Å². The topological polar surface area (TPSA) is 38.7 Å². The third-order valence-electron chi connectivity index (χ3n) is 2.63. The lowest BCUT2D eigenvalue weighted by molar-refractivity contribution is -0.125. The van der Waals surface area contributed by atoms with Crippen molar-refractivity contribution in [2.45, 2.75) is 12.1 Å². The Labute approximate surface area is 80.7 Å². The van der Waals surface area contributed by atoms with Crippen molar-refractivity contribution in [3.8, 4) is 0 Å². The average Bonchev–Trinajstić information content (AvgIpc) is 2.71. The van der Waals surface area contributed by atoms with Crippen molar-refractivity contribution in [1.82, 2.24) is 0 Å². The molecule has 3 nitrogen and oxygen atoms in total. The SMILES string of the molecule is O=C1CCOC12C=c1ccccc1=N2. The number of ether oxygens (including phenoxy) is 1. The second kappa shape index (κ2) is 2.51. The van der Waals surface area contributed by atoms with Crippen LogP contribution in [0.1, 0.15) is 6.42 Å². The van der Waals surface area contributed by atoms with Crippen molar-refractivity contribution in [3.63, 3.8) is 0 Å². The van der Waals surface area contributed by atoms with Crippen LogP contribution in [0.25, 0.3) is 6.08 Å². The van der Waals surface area contributed by atoms with Crippen molar-refractivity contribution in [3.05, 3.63) is 34.8 Å². The maximum atomic E-state index is 11.6. The van der Waals surface area contributed by atoms with Gasteiger partial charge in [0.15, 0.2) is 5.78 Å². The van der Waals surface area contributed by atoms with Crippen LogP contribution in [0.2, 0.25) is 0 Å². The summed E-state index contributed by atoms with van der Waals surface area (Å²) in [6, 6.07) is 7.69. The minimum absolute atomic E-state index is 0.0636. The highest BCUT2D eigenvalue weighted by atomic mass is 16.5. The molecule has 70 valence electrons. The number of rotatable bonds is 0. The number of benzene rings is 1. The van der Waals surface area contributed by atoms with Crippen LogP contribution in [0, 0.1) is 0 Å². The van der Waals surface area contributed by atoms with Gasteiger partial charge in [-0.1, -0.05) is 18.2 Å². The third kappa shape index (κ3) is 0.902. The fourth-order valence-corrected chi connectivity index (χ4v) is 1.91. The molecule has 0 bridgehead atoms. The molecule has 0 amide bonds. The smallest absolute Gasteiger partial charge is 0.239 e. The van der Waals surface area contributed by atoms with Crippen LogP contribution in [0.3, 0.4) is 0 Å². The Hall–Kier alpha value is -1.48. The van der Waals surface area contributed by atoms with Crippen LogP contribution in [-0.4, -0.2) is 18.1 Å². The van der Waals surface area contributed by atoms with E-state index in [0.29, 0.717) is 13.0 Å². The lowest BCUT2D eigenvalue weighted by Crippen LogP contribution is -2.29. The minimum atomic E-state index is -0.982. The number of para-hydroxylation sites is 1. The summed E-state index contributed by atoms with van der Waals surface area (Å²) in [7, 11) is 0. The van der Waals surface area contributed by atoms with Crippen molar-refractivity contribution in [1.29, 1.82) is 0 Å². The van der Waals surface area contributed by atoms with E-state index in [1.807, 2.05) is 30.3 Å². The summed E-state index contributed by atoms with van der Waals surface area (Å²) in [6.07, 6.45) is 2.28. The lowest BCUT2D eigenvalue weighted by Gasteiger charge is -2.13. The van der Waals surface area contributed by atoms with E-state index in [2.05, 4.69) is 4.99 Å². The first kappa shape index (κ1) is 7.88. The third-order valence-corrected chi connectivity index (χ3v) is 2.63. The van der Waals surface area contributed by atoms with Gasteiger partial charge in [-0.3, -0.25) is 4.79 Å². The normalized spacial score (nSPS) is 28.7. The largest absolute Gasteiger partial charge is 0.344 e. The molecule has 1 spiro atoms. The predicted octanol–water partition coefficient (Wildman–Crippen LogP) is -0.214. The van der Waals surface area contributed by atoms with E-state index in [0.717, 1.165) is 10.6 Å². The molecule has 0 N–H and O–H groups in total. The van der Waals surface area contributed by atoms with Gasteiger partial charge in [-0.05, 0) is 12.1 Å². The maximum Gasteiger partial charge on any atom is 0.239 e. The van der Waals surface area contributed by atoms with Gasteiger partial charge < -0.3 is 4.74 Å². The van der Waals surface area contributed by atoms with E-state index in [1.165, 1.54) is 0 Å². The molecular weight excluding hydrogens is 178 g/mol. The van der Waals surface area contributed by atoms with Crippen LogP contribution < -0.4 is 10.6 Å². The summed E-state index contributed by atoms with van der Waals surface area (Å²) in [5.74, 6) is 0.0636. The van der Waals surface area contributed by atoms with Crippen LogP contribution in [0.15, 0.2) is 29.3 Å². The highest BCUT2D eigenvalue weighted by Gasteiger charge is 2.42. The van der Waals surface area contributed by atoms with Gasteiger partial charge in [0.2, 0.25) is 5.72 Å². The Bertz CT molecular complexity index is 483. The summed E-state index contributed by atoms with van der Waals surface area (Å²) >= 11 is 0. The summed E-state index contributed by atoms with van der Waals surface area (Å²) in [4.78, 5) is 16.0. The molecule has 0 aromatic heterocycles. The van der Waals surface area contributed by atoms with Crippen molar-refractivity contribution in [2.24, 2.45) is 4.99 Å². The minimum Gasteiger partial charge on any atom is -0.344 e. The molecule has 1 saturated heterocycles. The summed E-state index contributed by atoms with van der Waals surface area (Å²) in [5.41, 5.74) is -0.982. The van der Waals surface area contributed by atoms with E-state index in [4.69, 9.17) is 4.74 Å². The molecule has 2 heterocycles. The highest BCUT2D eigenvalue weighted by Crippen LogP contribution is 2.25. The van der Waals surface area contributed by atoms with Gasteiger partial charge in [0.1, 0.15) is 0 Å². The molecule has 2 aliphatic heterocycles. The van der Waals surface area contributed by atoms with Gasteiger partial charge in [0.05, 0.1) is 12.0 Å². The Morgan fingerprint density at radius 3 is 2.93 bits per heavy atom. The van der Waals surface area contributed by atoms with Crippen molar-refractivity contribution >= 4 is 11.9 Å². The number of ketones is 1. The average molecular weight is 187 g/mol. The second-order valence-corrected chi connectivity index (χ2v) is 3.53. The van der Waals surface area contributed by atoms with Gasteiger partial charge in [0, 0.05) is 11.6 Å². The number of Topliss-reactive ketones (excluding diaryl/α,β-unsaturated/α-hetero) is 1. The van der Waals surface area contributed by atoms with Crippen LogP contribution in [0.5, 0.6) is 0 Å². The Balaban J connectivity index is 2.27. The quantitative estimate of drug-likeness (QED) is 0.563. The van der Waals surface area contributed by atoms with Crippen molar-refractivity contribution in [2.75, 3.05) is 6.61 Å². The fourth-order valence-electron chi connectivity index (χ4n) is 1.91. The number of nitrogens with zero attached hydrogens (tertiary/aromatic N) is 1. The lowest BCUT2D eigenvalue weighted by atomic mass is 10.1. The Morgan fingerprint density at radius 2 is 2.21 bits per heavy atom. The van der Waals surface area contributed by atoms with Gasteiger partial charge in [-0.25, -0.2) is 4.99 Å². The van der Waals surface area contributed by atoms with Gasteiger partial charge in [-0.15, -0.1) is 0 Å². The molecule has 1 atom stereocenters. The van der Waals surface area contributed by atoms with E-state index >= 15 is 0 Å². The molecule has 0 radical (unpaired) electrons. The zero-order valence-electron chi connectivity index (χ0n) is 7.56. The molecular formula is C11H9NO2. The molecule has 14 heavy (non-hydrogen) atoms. The molecule has 0 aliphatic carbocycles. The number of carbonyl (C=O) groups excluding carboxylic acids is 1. The zero-order chi connectivity index (χ0) is 9.60. The van der Waals surface area contributed by atoms with E-state index in [-0.39, 0.29) is 5.78 Å². The van der Waals surface area contributed by atoms with E-state index in [1.54, 1.807) is 0 Å². The number of hydrogen-bond acceptors (Lipinski definition) is 3. The maximum absolute atomic E-state index is 11.6. The molecule has 3 heteroatoms. The van der Waals surface area contributed by atoms with Crippen LogP contribution in [-0.2, 0) is 9.53 Å². The van der Waals surface area contributed by atoms with Gasteiger partial charge in [0.25, 0.3) is 0 Å². The second-order valence-electron chi connectivity index (χ2n) is 3.53.